The second kappa shape index (κ2) is 4.94. The molecule has 0 saturated carbocycles. The average Bonchev–Trinajstić information content (AvgIpc) is 2.99. The Morgan fingerprint density at radius 1 is 1.00 bits per heavy atom. The lowest BCUT2D eigenvalue weighted by Gasteiger charge is -2.27. The van der Waals surface area contributed by atoms with Gasteiger partial charge in [0.1, 0.15) is 23.0 Å². The van der Waals surface area contributed by atoms with Gasteiger partial charge in [-0.3, -0.25) is 0 Å². The molecular weight excluding hydrogens is 304 g/mol. The Morgan fingerprint density at radius 3 is 2.71 bits per heavy atom. The Hall–Kier alpha value is -2.62. The van der Waals surface area contributed by atoms with Crippen LogP contribution in [0.25, 0.3) is 11.1 Å². The molecule has 3 aliphatic rings. The van der Waals surface area contributed by atoms with Crippen molar-refractivity contribution in [2.75, 3.05) is 27.4 Å². The zero-order valence-electron chi connectivity index (χ0n) is 13.7. The van der Waals surface area contributed by atoms with Crippen molar-refractivity contribution in [3.8, 4) is 23.0 Å². The van der Waals surface area contributed by atoms with Crippen LogP contribution in [0.15, 0.2) is 30.3 Å². The fourth-order valence-electron chi connectivity index (χ4n) is 4.21. The van der Waals surface area contributed by atoms with Gasteiger partial charge < -0.3 is 18.9 Å². The Kier molecular flexibility index (Phi) is 2.84. The molecule has 4 nitrogen and oxygen atoms in total. The fourth-order valence-corrected chi connectivity index (χ4v) is 4.21. The minimum absolute atomic E-state index is 0.186. The van der Waals surface area contributed by atoms with Gasteiger partial charge >= 0.3 is 0 Å². The first-order valence-corrected chi connectivity index (χ1v) is 8.20. The Bertz CT molecular complexity index is 881. The summed E-state index contributed by atoms with van der Waals surface area (Å²) < 4.78 is 23.0. The monoisotopic (exact) mass is 322 g/mol. The fraction of sp³-hybridized carbons (Fsp3) is 0.300. The quantitative estimate of drug-likeness (QED) is 0.840. The maximum absolute atomic E-state index is 6.06. The first kappa shape index (κ1) is 13.8. The molecule has 2 heterocycles. The van der Waals surface area contributed by atoms with E-state index in [2.05, 4.69) is 6.07 Å². The highest BCUT2D eigenvalue weighted by molar-refractivity contribution is 6.04. The minimum atomic E-state index is 0.186. The third kappa shape index (κ3) is 1.68. The van der Waals surface area contributed by atoms with Crippen molar-refractivity contribution in [1.82, 2.24) is 0 Å². The van der Waals surface area contributed by atoms with Crippen LogP contribution >= 0.6 is 0 Å². The van der Waals surface area contributed by atoms with Crippen molar-refractivity contribution in [3.05, 3.63) is 47.0 Å². The van der Waals surface area contributed by atoms with Crippen LogP contribution in [-0.4, -0.2) is 27.4 Å². The molecule has 0 aromatic heterocycles. The van der Waals surface area contributed by atoms with Crippen LogP contribution in [0.4, 0.5) is 0 Å². The van der Waals surface area contributed by atoms with E-state index >= 15 is 0 Å². The van der Waals surface area contributed by atoms with Crippen LogP contribution in [0.2, 0.25) is 0 Å². The Morgan fingerprint density at radius 2 is 1.88 bits per heavy atom. The Balaban J connectivity index is 1.80. The molecule has 4 heteroatoms. The summed E-state index contributed by atoms with van der Waals surface area (Å²) in [5.41, 5.74) is 6.26. The summed E-state index contributed by atoms with van der Waals surface area (Å²) in [6.45, 7) is 1.34. The molecule has 0 fully saturated rings. The van der Waals surface area contributed by atoms with E-state index in [0.29, 0.717) is 13.2 Å². The van der Waals surface area contributed by atoms with Crippen molar-refractivity contribution in [1.29, 1.82) is 0 Å². The summed E-state index contributed by atoms with van der Waals surface area (Å²) >= 11 is 0. The van der Waals surface area contributed by atoms with Crippen LogP contribution in [0, 0.1) is 0 Å². The lowest BCUT2D eigenvalue weighted by Crippen LogP contribution is -2.17. The predicted molar refractivity (Wildman–Crippen MR) is 91.2 cm³/mol. The number of methoxy groups -OCH3 is 2. The third-order valence-electron chi connectivity index (χ3n) is 5.20. The number of hydrogen-bond donors (Lipinski definition) is 0. The molecule has 1 unspecified atom stereocenters. The van der Waals surface area contributed by atoms with Gasteiger partial charge in [-0.25, -0.2) is 0 Å². The number of fused-ring (bicyclic) bond motifs is 4. The third-order valence-corrected chi connectivity index (χ3v) is 5.20. The Labute approximate surface area is 140 Å². The maximum Gasteiger partial charge on any atom is 0.127 e. The van der Waals surface area contributed by atoms with Crippen molar-refractivity contribution in [2.24, 2.45) is 0 Å². The molecule has 1 atom stereocenters. The van der Waals surface area contributed by atoms with Crippen LogP contribution in [-0.2, 0) is 0 Å². The molecule has 2 aromatic rings. The molecule has 0 bridgehead atoms. The second-order valence-electron chi connectivity index (χ2n) is 6.27. The van der Waals surface area contributed by atoms with E-state index in [1.54, 1.807) is 14.2 Å². The first-order valence-electron chi connectivity index (χ1n) is 8.20. The molecular formula is C20H18O4. The van der Waals surface area contributed by atoms with Crippen LogP contribution in [0.3, 0.4) is 0 Å². The van der Waals surface area contributed by atoms with E-state index in [4.69, 9.17) is 18.9 Å². The van der Waals surface area contributed by atoms with Gasteiger partial charge in [-0.05, 0) is 41.5 Å². The summed E-state index contributed by atoms with van der Waals surface area (Å²) in [5, 5.41) is 0. The number of ether oxygens (including phenoxy) is 4. The molecule has 0 amide bonds. The molecule has 2 aromatic carbocycles. The normalized spacial score (nSPS) is 19.7. The smallest absolute Gasteiger partial charge is 0.127 e. The first-order chi connectivity index (χ1) is 11.8. The molecule has 5 rings (SSSR count). The average molecular weight is 322 g/mol. The topological polar surface area (TPSA) is 36.9 Å². The standard InChI is InChI=1S/C20H18O4/c1-21-11-3-4-15-13(9-11)18-12-7-8-23-17-6-5-16(22-2)20(19(12)17)14(18)10-24-15/h3-6,9,14H,7-8,10H2,1-2H3. The van der Waals surface area contributed by atoms with E-state index in [9.17, 15) is 0 Å². The van der Waals surface area contributed by atoms with Gasteiger partial charge in [-0.15, -0.1) is 0 Å². The van der Waals surface area contributed by atoms with Crippen molar-refractivity contribution in [2.45, 2.75) is 12.3 Å². The summed E-state index contributed by atoms with van der Waals surface area (Å²) in [4.78, 5) is 0. The van der Waals surface area contributed by atoms with E-state index in [0.717, 1.165) is 35.0 Å². The highest BCUT2D eigenvalue weighted by atomic mass is 16.5. The van der Waals surface area contributed by atoms with Crippen molar-refractivity contribution >= 4 is 11.1 Å². The zero-order valence-corrected chi connectivity index (χ0v) is 13.7. The van der Waals surface area contributed by atoms with Gasteiger partial charge in [0, 0.05) is 29.0 Å². The molecule has 0 saturated heterocycles. The van der Waals surface area contributed by atoms with Gasteiger partial charge in [-0.1, -0.05) is 0 Å². The minimum Gasteiger partial charge on any atom is -0.497 e. The van der Waals surface area contributed by atoms with E-state index in [-0.39, 0.29) is 5.92 Å². The molecule has 2 aliphatic heterocycles. The van der Waals surface area contributed by atoms with Gasteiger partial charge in [0.05, 0.1) is 27.4 Å². The van der Waals surface area contributed by atoms with Gasteiger partial charge in [0.25, 0.3) is 0 Å². The summed E-state index contributed by atoms with van der Waals surface area (Å²) in [6.07, 6.45) is 0.912. The van der Waals surface area contributed by atoms with Gasteiger partial charge in [0.15, 0.2) is 0 Å². The largest absolute Gasteiger partial charge is 0.497 e. The SMILES string of the molecule is COc1ccc2c(c1)C1=C3CCOc4ccc(OC)c(c43)C1CO2. The van der Waals surface area contributed by atoms with E-state index < -0.39 is 0 Å². The number of benzene rings is 2. The van der Waals surface area contributed by atoms with Crippen LogP contribution < -0.4 is 18.9 Å². The molecule has 1 aliphatic carbocycles. The van der Waals surface area contributed by atoms with E-state index in [1.807, 2.05) is 24.3 Å². The molecule has 122 valence electrons. The summed E-state index contributed by atoms with van der Waals surface area (Å²) in [6, 6.07) is 10.0. The van der Waals surface area contributed by atoms with Gasteiger partial charge in [0.2, 0.25) is 0 Å². The molecule has 0 N–H and O–H groups in total. The highest BCUT2D eigenvalue weighted by Crippen LogP contribution is 2.58. The lowest BCUT2D eigenvalue weighted by molar-refractivity contribution is 0.293. The molecule has 0 radical (unpaired) electrons. The zero-order chi connectivity index (χ0) is 16.3. The lowest BCUT2D eigenvalue weighted by atomic mass is 9.88. The maximum atomic E-state index is 6.06. The number of hydrogen-bond acceptors (Lipinski definition) is 4. The highest BCUT2D eigenvalue weighted by Gasteiger charge is 2.41. The summed E-state index contributed by atoms with van der Waals surface area (Å²) in [7, 11) is 3.42. The molecule has 0 spiro atoms. The van der Waals surface area contributed by atoms with Crippen LogP contribution in [0.1, 0.15) is 29.0 Å². The van der Waals surface area contributed by atoms with Crippen LogP contribution in [0.5, 0.6) is 23.0 Å². The van der Waals surface area contributed by atoms with Crippen molar-refractivity contribution in [3.63, 3.8) is 0 Å². The van der Waals surface area contributed by atoms with E-state index in [1.165, 1.54) is 22.3 Å². The number of rotatable bonds is 2. The predicted octanol–water partition coefficient (Wildman–Crippen LogP) is 3.89. The van der Waals surface area contributed by atoms with Gasteiger partial charge in [-0.2, -0.15) is 0 Å². The van der Waals surface area contributed by atoms with Crippen molar-refractivity contribution < 1.29 is 18.9 Å². The summed E-state index contributed by atoms with van der Waals surface area (Å²) in [5.74, 6) is 3.83. The molecule has 24 heavy (non-hydrogen) atoms. The second-order valence-corrected chi connectivity index (χ2v) is 6.27.